The molecule has 1 unspecified atom stereocenters. The summed E-state index contributed by atoms with van der Waals surface area (Å²) in [5, 5.41) is 3.41. The summed E-state index contributed by atoms with van der Waals surface area (Å²) in [5.41, 5.74) is 0. The number of likely N-dealkylation sites (tertiary alicyclic amines) is 1. The number of piperazine rings is 1. The summed E-state index contributed by atoms with van der Waals surface area (Å²) in [5.74, 6) is 0. The van der Waals surface area contributed by atoms with Gasteiger partial charge in [0.15, 0.2) is 0 Å². The van der Waals surface area contributed by atoms with Gasteiger partial charge in [-0.2, -0.15) is 0 Å². The lowest BCUT2D eigenvalue weighted by Gasteiger charge is -2.47. The predicted octanol–water partition coefficient (Wildman–Crippen LogP) is -0.661. The van der Waals surface area contributed by atoms with Crippen LogP contribution in [-0.4, -0.2) is 81.2 Å². The van der Waals surface area contributed by atoms with Crippen LogP contribution in [-0.2, 0) is 9.47 Å². The van der Waals surface area contributed by atoms with Crippen LogP contribution in [0.2, 0.25) is 0 Å². The molecule has 3 aliphatic heterocycles. The van der Waals surface area contributed by atoms with Crippen LogP contribution >= 0.6 is 0 Å². The van der Waals surface area contributed by atoms with E-state index in [0.29, 0.717) is 12.9 Å². The number of hydrogen-bond donors (Lipinski definition) is 1. The minimum Gasteiger partial charge on any atom is -0.355 e. The van der Waals surface area contributed by atoms with Gasteiger partial charge in [0.2, 0.25) is 0 Å². The molecule has 0 aromatic heterocycles. The smallest absolute Gasteiger partial charge is 0.147 e. The zero-order valence-electron chi connectivity index (χ0n) is 10.4. The SMILES string of the molecule is C1CN(C2CN(CC3CCOCO3)C2)CCN1. The summed E-state index contributed by atoms with van der Waals surface area (Å²) >= 11 is 0. The Morgan fingerprint density at radius 2 is 2.00 bits per heavy atom. The zero-order chi connectivity index (χ0) is 11.5. The summed E-state index contributed by atoms with van der Waals surface area (Å²) in [6.07, 6.45) is 1.45. The molecule has 0 saturated carbocycles. The van der Waals surface area contributed by atoms with E-state index >= 15 is 0 Å². The molecule has 3 saturated heterocycles. The van der Waals surface area contributed by atoms with Crippen molar-refractivity contribution in [2.75, 3.05) is 59.2 Å². The molecule has 5 heteroatoms. The van der Waals surface area contributed by atoms with Gasteiger partial charge in [-0.05, 0) is 6.42 Å². The molecule has 0 aromatic rings. The monoisotopic (exact) mass is 241 g/mol. The highest BCUT2D eigenvalue weighted by molar-refractivity contribution is 4.90. The number of nitrogens with one attached hydrogen (secondary N) is 1. The molecule has 3 aliphatic rings. The Kier molecular flexibility index (Phi) is 3.93. The van der Waals surface area contributed by atoms with Gasteiger partial charge < -0.3 is 14.8 Å². The molecule has 5 nitrogen and oxygen atoms in total. The first-order chi connectivity index (χ1) is 8.42. The average Bonchev–Trinajstić information content (AvgIpc) is 2.36. The molecular weight excluding hydrogens is 218 g/mol. The molecule has 0 radical (unpaired) electrons. The Morgan fingerprint density at radius 3 is 2.71 bits per heavy atom. The van der Waals surface area contributed by atoms with Gasteiger partial charge in [-0.15, -0.1) is 0 Å². The Balaban J connectivity index is 1.36. The van der Waals surface area contributed by atoms with Crippen LogP contribution in [0.5, 0.6) is 0 Å². The minimum absolute atomic E-state index is 0.396. The van der Waals surface area contributed by atoms with Crippen molar-refractivity contribution in [3.63, 3.8) is 0 Å². The van der Waals surface area contributed by atoms with Crippen molar-refractivity contribution >= 4 is 0 Å². The summed E-state index contributed by atoms with van der Waals surface area (Å²) in [7, 11) is 0. The van der Waals surface area contributed by atoms with Crippen LogP contribution in [0.3, 0.4) is 0 Å². The average molecular weight is 241 g/mol. The molecule has 98 valence electrons. The highest BCUT2D eigenvalue weighted by atomic mass is 16.7. The lowest BCUT2D eigenvalue weighted by molar-refractivity contribution is -0.150. The largest absolute Gasteiger partial charge is 0.355 e. The third-order valence-electron chi connectivity index (χ3n) is 4.04. The predicted molar refractivity (Wildman–Crippen MR) is 65.0 cm³/mol. The first-order valence-electron chi connectivity index (χ1n) is 6.78. The van der Waals surface area contributed by atoms with Gasteiger partial charge >= 0.3 is 0 Å². The number of nitrogens with zero attached hydrogens (tertiary/aromatic N) is 2. The van der Waals surface area contributed by atoms with Gasteiger partial charge in [-0.25, -0.2) is 0 Å². The van der Waals surface area contributed by atoms with Crippen molar-refractivity contribution in [3.8, 4) is 0 Å². The van der Waals surface area contributed by atoms with Crippen LogP contribution in [0.25, 0.3) is 0 Å². The van der Waals surface area contributed by atoms with E-state index in [0.717, 1.165) is 38.7 Å². The van der Waals surface area contributed by atoms with Crippen molar-refractivity contribution in [1.82, 2.24) is 15.1 Å². The van der Waals surface area contributed by atoms with E-state index in [2.05, 4.69) is 15.1 Å². The van der Waals surface area contributed by atoms with E-state index in [9.17, 15) is 0 Å². The van der Waals surface area contributed by atoms with Crippen molar-refractivity contribution in [3.05, 3.63) is 0 Å². The van der Waals surface area contributed by atoms with Gasteiger partial charge in [-0.3, -0.25) is 9.80 Å². The van der Waals surface area contributed by atoms with E-state index in [1.165, 1.54) is 26.2 Å². The quantitative estimate of drug-likeness (QED) is 0.710. The molecule has 0 aliphatic carbocycles. The van der Waals surface area contributed by atoms with E-state index in [1.807, 2.05) is 0 Å². The maximum atomic E-state index is 5.58. The lowest BCUT2D eigenvalue weighted by Crippen LogP contribution is -2.63. The molecule has 0 aromatic carbocycles. The van der Waals surface area contributed by atoms with Crippen LogP contribution < -0.4 is 5.32 Å². The topological polar surface area (TPSA) is 37.0 Å². The van der Waals surface area contributed by atoms with Crippen LogP contribution in [0.1, 0.15) is 6.42 Å². The molecule has 1 N–H and O–H groups in total. The van der Waals surface area contributed by atoms with Crippen LogP contribution in [0, 0.1) is 0 Å². The number of hydrogen-bond acceptors (Lipinski definition) is 5. The maximum Gasteiger partial charge on any atom is 0.147 e. The summed E-state index contributed by atoms with van der Waals surface area (Å²) in [6, 6.07) is 0.789. The first-order valence-corrected chi connectivity index (χ1v) is 6.78. The van der Waals surface area contributed by atoms with Gasteiger partial charge in [0, 0.05) is 51.9 Å². The fourth-order valence-corrected chi connectivity index (χ4v) is 2.90. The van der Waals surface area contributed by atoms with Crippen molar-refractivity contribution in [2.45, 2.75) is 18.6 Å². The lowest BCUT2D eigenvalue weighted by atomic mass is 10.0. The van der Waals surface area contributed by atoms with Crippen molar-refractivity contribution < 1.29 is 9.47 Å². The fourth-order valence-electron chi connectivity index (χ4n) is 2.90. The Hall–Kier alpha value is -0.200. The molecule has 17 heavy (non-hydrogen) atoms. The molecule has 3 heterocycles. The minimum atomic E-state index is 0.396. The van der Waals surface area contributed by atoms with Gasteiger partial charge in [0.05, 0.1) is 12.7 Å². The standard InChI is InChI=1S/C12H23N3O2/c1-6-16-10-17-12(1)9-14-7-11(8-14)15-4-2-13-3-5-15/h11-13H,1-10H2. The molecule has 1 atom stereocenters. The second-order valence-electron chi connectivity index (χ2n) is 5.26. The van der Waals surface area contributed by atoms with Crippen LogP contribution in [0.15, 0.2) is 0 Å². The maximum absolute atomic E-state index is 5.58. The number of ether oxygens (including phenoxy) is 2. The molecule has 0 amide bonds. The Labute approximate surface area is 103 Å². The summed E-state index contributed by atoms with van der Waals surface area (Å²) in [4.78, 5) is 5.14. The Bertz CT molecular complexity index is 234. The molecule has 3 fully saturated rings. The normalized spacial score (nSPS) is 33.5. The summed E-state index contributed by atoms with van der Waals surface area (Å²) in [6.45, 7) is 9.62. The van der Waals surface area contributed by atoms with E-state index < -0.39 is 0 Å². The number of rotatable bonds is 3. The van der Waals surface area contributed by atoms with Crippen LogP contribution in [0.4, 0.5) is 0 Å². The second kappa shape index (κ2) is 5.63. The molecule has 0 spiro atoms. The van der Waals surface area contributed by atoms with Crippen molar-refractivity contribution in [2.24, 2.45) is 0 Å². The van der Waals surface area contributed by atoms with Crippen molar-refractivity contribution in [1.29, 1.82) is 0 Å². The van der Waals surface area contributed by atoms with E-state index in [4.69, 9.17) is 9.47 Å². The van der Waals surface area contributed by atoms with Gasteiger partial charge in [0.1, 0.15) is 6.79 Å². The molecule has 3 rings (SSSR count). The fraction of sp³-hybridized carbons (Fsp3) is 1.00. The van der Waals surface area contributed by atoms with Gasteiger partial charge in [-0.1, -0.05) is 0 Å². The summed E-state index contributed by atoms with van der Waals surface area (Å²) < 4.78 is 10.8. The second-order valence-corrected chi connectivity index (χ2v) is 5.26. The first kappa shape index (κ1) is 11.9. The third-order valence-corrected chi connectivity index (χ3v) is 4.04. The molecule has 0 bridgehead atoms. The highest BCUT2D eigenvalue weighted by Gasteiger charge is 2.33. The third kappa shape index (κ3) is 2.98. The zero-order valence-corrected chi connectivity index (χ0v) is 10.4. The Morgan fingerprint density at radius 1 is 1.18 bits per heavy atom. The molecular formula is C12H23N3O2. The highest BCUT2D eigenvalue weighted by Crippen LogP contribution is 2.18. The van der Waals surface area contributed by atoms with Gasteiger partial charge in [0.25, 0.3) is 0 Å². The van der Waals surface area contributed by atoms with E-state index in [1.54, 1.807) is 0 Å². The van der Waals surface area contributed by atoms with E-state index in [-0.39, 0.29) is 0 Å².